The lowest BCUT2D eigenvalue weighted by molar-refractivity contribution is 0.788. The number of fused-ring (bicyclic) bond motifs is 2. The molecule has 86 valence electrons. The Morgan fingerprint density at radius 3 is 2.53 bits per heavy atom. The van der Waals surface area contributed by atoms with Gasteiger partial charge in [0, 0.05) is 12.2 Å². The van der Waals surface area contributed by atoms with Crippen LogP contribution in [0, 0.1) is 0 Å². The van der Waals surface area contributed by atoms with Crippen molar-refractivity contribution in [1.82, 2.24) is 0 Å². The van der Waals surface area contributed by atoms with Crippen molar-refractivity contribution in [3.63, 3.8) is 0 Å². The van der Waals surface area contributed by atoms with Crippen LogP contribution in [0.5, 0.6) is 0 Å². The fourth-order valence-corrected chi connectivity index (χ4v) is 2.51. The molecule has 2 aromatic carbocycles. The van der Waals surface area contributed by atoms with Crippen molar-refractivity contribution in [2.75, 3.05) is 11.9 Å². The van der Waals surface area contributed by atoms with Gasteiger partial charge < -0.3 is 11.1 Å². The summed E-state index contributed by atoms with van der Waals surface area (Å²) in [5, 5.41) is 3.54. The summed E-state index contributed by atoms with van der Waals surface area (Å²) in [4.78, 5) is 0. The Balaban J connectivity index is 2.13. The van der Waals surface area contributed by atoms with Crippen molar-refractivity contribution in [1.29, 1.82) is 0 Å². The third kappa shape index (κ3) is 1.81. The van der Waals surface area contributed by atoms with Gasteiger partial charge >= 0.3 is 0 Å². The smallest absolute Gasteiger partial charge is 0.0639 e. The Kier molecular flexibility index (Phi) is 2.57. The summed E-state index contributed by atoms with van der Waals surface area (Å²) >= 11 is 0. The van der Waals surface area contributed by atoms with Gasteiger partial charge in [-0.2, -0.15) is 0 Å². The van der Waals surface area contributed by atoms with Crippen LogP contribution < -0.4 is 11.1 Å². The van der Waals surface area contributed by atoms with Gasteiger partial charge in [0.05, 0.1) is 6.04 Å². The molecule has 0 aromatic heterocycles. The maximum Gasteiger partial charge on any atom is 0.0639 e. The fourth-order valence-electron chi connectivity index (χ4n) is 2.51. The maximum absolute atomic E-state index is 5.88. The molecule has 0 aliphatic carbocycles. The van der Waals surface area contributed by atoms with E-state index in [4.69, 9.17) is 5.73 Å². The fraction of sp³-hybridized carbons (Fsp3) is 0.200. The van der Waals surface area contributed by atoms with Crippen LogP contribution in [-0.4, -0.2) is 6.54 Å². The quantitative estimate of drug-likeness (QED) is 0.781. The lowest BCUT2D eigenvalue weighted by Gasteiger charge is -2.18. The number of anilines is 1. The first-order valence-electron chi connectivity index (χ1n) is 6.01. The van der Waals surface area contributed by atoms with Crippen molar-refractivity contribution in [2.45, 2.75) is 12.5 Å². The second kappa shape index (κ2) is 4.22. The highest BCUT2D eigenvalue weighted by atomic mass is 14.9. The van der Waals surface area contributed by atoms with Crippen LogP contribution >= 0.6 is 0 Å². The van der Waals surface area contributed by atoms with E-state index in [2.05, 4.69) is 53.8 Å². The first-order valence-corrected chi connectivity index (χ1v) is 6.01. The van der Waals surface area contributed by atoms with E-state index in [0.29, 0.717) is 6.54 Å². The average molecular weight is 224 g/mol. The van der Waals surface area contributed by atoms with E-state index in [1.165, 1.54) is 22.4 Å². The molecular weight excluding hydrogens is 208 g/mol. The number of nitrogens with two attached hydrogens (primary N) is 1. The molecule has 1 aliphatic rings. The molecule has 17 heavy (non-hydrogen) atoms. The summed E-state index contributed by atoms with van der Waals surface area (Å²) in [6, 6.07) is 17.2. The highest BCUT2D eigenvalue weighted by molar-refractivity contribution is 5.57. The number of rotatable bonds is 1. The topological polar surface area (TPSA) is 38.0 Å². The van der Waals surface area contributed by atoms with Crippen LogP contribution in [0.1, 0.15) is 22.7 Å². The monoisotopic (exact) mass is 224 g/mol. The van der Waals surface area contributed by atoms with Gasteiger partial charge in [-0.15, -0.1) is 0 Å². The molecule has 1 atom stereocenters. The van der Waals surface area contributed by atoms with Crippen molar-refractivity contribution in [2.24, 2.45) is 5.73 Å². The second-order valence-corrected chi connectivity index (χ2v) is 4.47. The minimum absolute atomic E-state index is 0.217. The SMILES string of the molecule is NCC1Nc2ccccc2Cc2ccccc21. The van der Waals surface area contributed by atoms with Crippen LogP contribution in [0.3, 0.4) is 0 Å². The molecule has 1 unspecified atom stereocenters. The Labute approximate surface area is 101 Å². The van der Waals surface area contributed by atoms with Crippen molar-refractivity contribution >= 4 is 5.69 Å². The second-order valence-electron chi connectivity index (χ2n) is 4.47. The first-order chi connectivity index (χ1) is 8.38. The zero-order chi connectivity index (χ0) is 11.7. The maximum atomic E-state index is 5.88. The standard InChI is InChI=1S/C15H16N2/c16-10-15-13-7-3-1-5-11(13)9-12-6-2-4-8-14(12)17-15/h1-8,15,17H,9-10,16H2. The molecule has 0 amide bonds. The third-order valence-corrected chi connectivity index (χ3v) is 3.39. The van der Waals surface area contributed by atoms with Gasteiger partial charge in [-0.1, -0.05) is 42.5 Å². The molecular formula is C15H16N2. The first kappa shape index (κ1) is 10.4. The molecule has 0 bridgehead atoms. The molecule has 0 spiro atoms. The van der Waals surface area contributed by atoms with Crippen molar-refractivity contribution < 1.29 is 0 Å². The summed E-state index contributed by atoms with van der Waals surface area (Å²) in [7, 11) is 0. The van der Waals surface area contributed by atoms with E-state index in [9.17, 15) is 0 Å². The van der Waals surface area contributed by atoms with Gasteiger partial charge in [-0.05, 0) is 29.2 Å². The molecule has 2 heteroatoms. The van der Waals surface area contributed by atoms with E-state index in [1.54, 1.807) is 0 Å². The minimum atomic E-state index is 0.217. The van der Waals surface area contributed by atoms with E-state index < -0.39 is 0 Å². The Bertz CT molecular complexity index is 534. The average Bonchev–Trinajstić information content (AvgIpc) is 2.54. The van der Waals surface area contributed by atoms with Gasteiger partial charge in [-0.3, -0.25) is 0 Å². The van der Waals surface area contributed by atoms with Gasteiger partial charge in [0.25, 0.3) is 0 Å². The van der Waals surface area contributed by atoms with Crippen LogP contribution in [-0.2, 0) is 6.42 Å². The molecule has 0 fully saturated rings. The van der Waals surface area contributed by atoms with Crippen molar-refractivity contribution in [3.05, 3.63) is 65.2 Å². The highest BCUT2D eigenvalue weighted by Gasteiger charge is 2.19. The molecule has 2 aromatic rings. The number of hydrogen-bond acceptors (Lipinski definition) is 2. The van der Waals surface area contributed by atoms with Gasteiger partial charge in [0.1, 0.15) is 0 Å². The Morgan fingerprint density at radius 1 is 1.00 bits per heavy atom. The van der Waals surface area contributed by atoms with Crippen LogP contribution in [0.2, 0.25) is 0 Å². The highest BCUT2D eigenvalue weighted by Crippen LogP contribution is 2.31. The molecule has 3 rings (SSSR count). The molecule has 2 nitrogen and oxygen atoms in total. The Hall–Kier alpha value is -1.80. The summed E-state index contributed by atoms with van der Waals surface area (Å²) < 4.78 is 0. The molecule has 1 heterocycles. The largest absolute Gasteiger partial charge is 0.377 e. The van der Waals surface area contributed by atoms with Gasteiger partial charge in [0.2, 0.25) is 0 Å². The number of nitrogens with one attached hydrogen (secondary N) is 1. The van der Waals surface area contributed by atoms with Crippen molar-refractivity contribution in [3.8, 4) is 0 Å². The molecule has 3 N–H and O–H groups in total. The number of benzene rings is 2. The zero-order valence-electron chi connectivity index (χ0n) is 9.69. The third-order valence-electron chi connectivity index (χ3n) is 3.39. The van der Waals surface area contributed by atoms with E-state index >= 15 is 0 Å². The number of para-hydroxylation sites is 1. The summed E-state index contributed by atoms with van der Waals surface area (Å²) in [6.45, 7) is 0.616. The molecule has 0 radical (unpaired) electrons. The molecule has 0 saturated heterocycles. The predicted molar refractivity (Wildman–Crippen MR) is 71.1 cm³/mol. The molecule has 0 saturated carbocycles. The summed E-state index contributed by atoms with van der Waals surface area (Å²) in [5.74, 6) is 0. The normalized spacial score (nSPS) is 17.6. The minimum Gasteiger partial charge on any atom is -0.377 e. The van der Waals surface area contributed by atoms with E-state index in [-0.39, 0.29) is 6.04 Å². The predicted octanol–water partition coefficient (Wildman–Crippen LogP) is 2.70. The lowest BCUT2D eigenvalue weighted by atomic mass is 9.97. The summed E-state index contributed by atoms with van der Waals surface area (Å²) in [5.41, 5.74) is 11.1. The van der Waals surface area contributed by atoms with Gasteiger partial charge in [0.15, 0.2) is 0 Å². The van der Waals surface area contributed by atoms with E-state index in [1.807, 2.05) is 0 Å². The van der Waals surface area contributed by atoms with Crippen LogP contribution in [0.4, 0.5) is 5.69 Å². The number of hydrogen-bond donors (Lipinski definition) is 2. The van der Waals surface area contributed by atoms with Crippen LogP contribution in [0.15, 0.2) is 48.5 Å². The lowest BCUT2D eigenvalue weighted by Crippen LogP contribution is -2.20. The van der Waals surface area contributed by atoms with Crippen LogP contribution in [0.25, 0.3) is 0 Å². The Morgan fingerprint density at radius 2 is 1.71 bits per heavy atom. The van der Waals surface area contributed by atoms with Gasteiger partial charge in [-0.25, -0.2) is 0 Å². The molecule has 1 aliphatic heterocycles. The van der Waals surface area contributed by atoms with E-state index in [0.717, 1.165) is 6.42 Å². The summed E-state index contributed by atoms with van der Waals surface area (Å²) in [6.07, 6.45) is 0.982. The zero-order valence-corrected chi connectivity index (χ0v) is 9.69.